The first-order valence-electron chi connectivity index (χ1n) is 15.0. The van der Waals surface area contributed by atoms with E-state index in [1.807, 2.05) is 35.9 Å². The lowest BCUT2D eigenvalue weighted by Gasteiger charge is -2.21. The molecule has 4 aromatic rings. The van der Waals surface area contributed by atoms with Gasteiger partial charge < -0.3 is 29.6 Å². The van der Waals surface area contributed by atoms with Crippen LogP contribution in [0.15, 0.2) is 79.1 Å². The Hall–Kier alpha value is -5.19. The summed E-state index contributed by atoms with van der Waals surface area (Å²) in [6, 6.07) is 18.0. The molecule has 1 saturated heterocycles. The molecule has 10 nitrogen and oxygen atoms in total. The molecule has 0 radical (unpaired) electrons. The summed E-state index contributed by atoms with van der Waals surface area (Å²) in [6.07, 6.45) is 4.03. The maximum atomic E-state index is 15.1. The molecule has 1 aromatic heterocycles. The number of nitrogens with one attached hydrogen (secondary N) is 2. The number of aryl methyl sites for hydroxylation is 2. The van der Waals surface area contributed by atoms with Gasteiger partial charge in [0.2, 0.25) is 5.91 Å². The number of carbonyl (C=O) groups is 3. The first kappa shape index (κ1) is 29.9. The number of halogens is 1. The number of hydrogen-bond acceptors (Lipinski definition) is 6. The van der Waals surface area contributed by atoms with Gasteiger partial charge in [0, 0.05) is 44.9 Å². The van der Waals surface area contributed by atoms with E-state index >= 15 is 4.39 Å². The number of nitrogens with zero attached hydrogens (tertiary/aromatic N) is 3. The summed E-state index contributed by atoms with van der Waals surface area (Å²) >= 11 is 0. The topological polar surface area (TPSA) is 115 Å². The predicted molar refractivity (Wildman–Crippen MR) is 164 cm³/mol. The molecule has 0 spiro atoms. The van der Waals surface area contributed by atoms with E-state index in [9.17, 15) is 14.4 Å². The number of benzene rings is 3. The van der Waals surface area contributed by atoms with Crippen molar-refractivity contribution in [1.82, 2.24) is 25.1 Å². The Kier molecular flexibility index (Phi) is 8.77. The van der Waals surface area contributed by atoms with Crippen molar-refractivity contribution in [3.63, 3.8) is 0 Å². The van der Waals surface area contributed by atoms with Crippen LogP contribution in [-0.2, 0) is 29.1 Å². The van der Waals surface area contributed by atoms with Gasteiger partial charge in [-0.2, -0.15) is 0 Å². The van der Waals surface area contributed by atoms with Crippen molar-refractivity contribution < 1.29 is 28.2 Å². The predicted octanol–water partition coefficient (Wildman–Crippen LogP) is 3.74. The van der Waals surface area contributed by atoms with Gasteiger partial charge in [-0.15, -0.1) is 0 Å². The second kappa shape index (κ2) is 13.2. The van der Waals surface area contributed by atoms with Crippen LogP contribution in [-0.4, -0.2) is 64.0 Å². The molecule has 232 valence electrons. The molecule has 1 fully saturated rings. The van der Waals surface area contributed by atoms with Crippen molar-refractivity contribution in [2.45, 2.75) is 45.0 Å². The minimum Gasteiger partial charge on any atom is -0.486 e. The first-order chi connectivity index (χ1) is 21.9. The standard InChI is InChI=1S/C34H34FN5O5/c1-2-31-36-13-15-39(31)14-12-33(42)40-19-29-30(20-40)45-25-9-6-22(7-10-25)18-37-32(41)21-44-26-5-3-4-23(16-26)24-8-11-28(35)27(17-24)34(43)38-29/h3-11,13,15-17,29-30H,2,12,14,18-21H2,1H3,(H,37,41)(H,38,43)/t29-,30-/m0/s1. The molecule has 7 rings (SSSR count). The average Bonchev–Trinajstić information content (AvgIpc) is 3.68. The Morgan fingerprint density at radius 3 is 2.67 bits per heavy atom. The summed E-state index contributed by atoms with van der Waals surface area (Å²) in [5, 5.41) is 5.79. The molecule has 0 unspecified atom stereocenters. The molecule has 45 heavy (non-hydrogen) atoms. The fourth-order valence-electron chi connectivity index (χ4n) is 5.62. The lowest BCUT2D eigenvalue weighted by atomic mass is 10.0. The van der Waals surface area contributed by atoms with Gasteiger partial charge in [-0.25, -0.2) is 9.37 Å². The largest absolute Gasteiger partial charge is 0.486 e. The summed E-state index contributed by atoms with van der Waals surface area (Å²) in [6.45, 7) is 3.10. The lowest BCUT2D eigenvalue weighted by Crippen LogP contribution is -2.45. The van der Waals surface area contributed by atoms with Crippen LogP contribution < -0.4 is 20.1 Å². The highest BCUT2D eigenvalue weighted by Gasteiger charge is 2.38. The van der Waals surface area contributed by atoms with Crippen LogP contribution in [0, 0.1) is 5.82 Å². The normalized spacial score (nSPS) is 18.3. The zero-order valence-electron chi connectivity index (χ0n) is 24.9. The Bertz CT molecular complexity index is 1710. The molecule has 3 aliphatic rings. The van der Waals surface area contributed by atoms with Gasteiger partial charge in [0.05, 0.1) is 18.2 Å². The van der Waals surface area contributed by atoms with Gasteiger partial charge in [0.25, 0.3) is 11.8 Å². The van der Waals surface area contributed by atoms with Gasteiger partial charge in [0.1, 0.15) is 29.2 Å². The maximum Gasteiger partial charge on any atom is 0.258 e. The Balaban J connectivity index is 1.27. The van der Waals surface area contributed by atoms with Gasteiger partial charge in [-0.3, -0.25) is 14.4 Å². The number of likely N-dealkylation sites (tertiary alicyclic amines) is 1. The molecule has 3 aromatic carbocycles. The number of ether oxygens (including phenoxy) is 2. The lowest BCUT2D eigenvalue weighted by molar-refractivity contribution is -0.130. The monoisotopic (exact) mass is 611 g/mol. The average molecular weight is 612 g/mol. The van der Waals surface area contributed by atoms with E-state index in [0.717, 1.165) is 17.8 Å². The fraction of sp³-hybridized carbons (Fsp3) is 0.294. The molecule has 4 heterocycles. The van der Waals surface area contributed by atoms with Crippen LogP contribution in [0.25, 0.3) is 11.1 Å². The van der Waals surface area contributed by atoms with Crippen LogP contribution >= 0.6 is 0 Å². The molecule has 2 atom stereocenters. The zero-order chi connectivity index (χ0) is 31.3. The number of aromatic nitrogens is 2. The summed E-state index contributed by atoms with van der Waals surface area (Å²) in [5.41, 5.74) is 2.03. The Labute approximate surface area is 260 Å². The van der Waals surface area contributed by atoms with E-state index in [1.54, 1.807) is 47.5 Å². The van der Waals surface area contributed by atoms with Crippen molar-refractivity contribution >= 4 is 17.7 Å². The number of hydrogen-bond donors (Lipinski definition) is 2. The summed E-state index contributed by atoms with van der Waals surface area (Å²) in [5.74, 6) is 0.265. The molecular formula is C34H34FN5O5. The van der Waals surface area contributed by atoms with Gasteiger partial charge >= 0.3 is 0 Å². The fourth-order valence-corrected chi connectivity index (χ4v) is 5.62. The second-order valence-electron chi connectivity index (χ2n) is 11.1. The van der Waals surface area contributed by atoms with E-state index in [4.69, 9.17) is 9.47 Å². The second-order valence-corrected chi connectivity index (χ2v) is 11.1. The van der Waals surface area contributed by atoms with Gasteiger partial charge in [-0.1, -0.05) is 37.3 Å². The SMILES string of the molecule is CCc1nccn1CCC(=O)N1C[C@@H]2NC(=O)c3cc(ccc3F)-c3cccc(c3)OCC(=O)NCc3ccc(cc3)O[C@H]2C1. The molecule has 0 saturated carbocycles. The minimum atomic E-state index is -0.673. The van der Waals surface area contributed by atoms with E-state index in [2.05, 4.69) is 15.6 Å². The third kappa shape index (κ3) is 6.98. The van der Waals surface area contributed by atoms with Crippen LogP contribution in [0.5, 0.6) is 11.5 Å². The number of rotatable bonds is 4. The third-order valence-electron chi connectivity index (χ3n) is 8.07. The highest BCUT2D eigenvalue weighted by Crippen LogP contribution is 2.27. The van der Waals surface area contributed by atoms with E-state index in [-0.39, 0.29) is 43.5 Å². The van der Waals surface area contributed by atoms with Gasteiger partial charge in [0.15, 0.2) is 6.61 Å². The van der Waals surface area contributed by atoms with Crippen molar-refractivity contribution in [3.05, 3.63) is 102 Å². The zero-order valence-corrected chi connectivity index (χ0v) is 24.9. The number of imidazole rings is 1. The number of carbonyl (C=O) groups excluding carboxylic acids is 3. The highest BCUT2D eigenvalue weighted by molar-refractivity contribution is 5.96. The van der Waals surface area contributed by atoms with Crippen molar-refractivity contribution in [3.8, 4) is 22.6 Å². The minimum absolute atomic E-state index is 0.0806. The number of fused-ring (bicyclic) bond motifs is 7. The molecule has 6 bridgehead atoms. The van der Waals surface area contributed by atoms with Crippen molar-refractivity contribution in [1.29, 1.82) is 0 Å². The summed E-state index contributed by atoms with van der Waals surface area (Å²) < 4.78 is 29.0. The Morgan fingerprint density at radius 1 is 1.02 bits per heavy atom. The molecule has 2 N–H and O–H groups in total. The third-order valence-corrected chi connectivity index (χ3v) is 8.07. The van der Waals surface area contributed by atoms with Crippen LogP contribution in [0.3, 0.4) is 0 Å². The smallest absolute Gasteiger partial charge is 0.258 e. The van der Waals surface area contributed by atoms with Crippen LogP contribution in [0.1, 0.15) is 35.1 Å². The number of amides is 3. The molecular weight excluding hydrogens is 577 g/mol. The highest BCUT2D eigenvalue weighted by atomic mass is 19.1. The first-order valence-corrected chi connectivity index (χ1v) is 15.0. The molecule has 11 heteroatoms. The Morgan fingerprint density at radius 2 is 1.84 bits per heavy atom. The van der Waals surface area contributed by atoms with Crippen LogP contribution in [0.4, 0.5) is 4.39 Å². The molecule has 3 amide bonds. The van der Waals surface area contributed by atoms with Gasteiger partial charge in [-0.05, 0) is 53.1 Å². The summed E-state index contributed by atoms with van der Waals surface area (Å²) in [7, 11) is 0. The maximum absolute atomic E-state index is 15.1. The van der Waals surface area contributed by atoms with E-state index < -0.39 is 23.9 Å². The summed E-state index contributed by atoms with van der Waals surface area (Å²) in [4.78, 5) is 45.3. The molecule has 3 aliphatic heterocycles. The van der Waals surface area contributed by atoms with E-state index in [1.165, 1.54) is 12.1 Å². The van der Waals surface area contributed by atoms with Crippen LogP contribution in [0.2, 0.25) is 0 Å². The van der Waals surface area contributed by atoms with E-state index in [0.29, 0.717) is 35.7 Å². The van der Waals surface area contributed by atoms with Crippen molar-refractivity contribution in [2.75, 3.05) is 19.7 Å². The molecule has 0 aliphatic carbocycles. The quantitative estimate of drug-likeness (QED) is 0.364. The van der Waals surface area contributed by atoms with Crippen molar-refractivity contribution in [2.24, 2.45) is 0 Å².